The van der Waals surface area contributed by atoms with Gasteiger partial charge in [-0.1, -0.05) is 37.6 Å². The Labute approximate surface area is 149 Å². The molecular formula is C22H26N2O. The van der Waals surface area contributed by atoms with E-state index >= 15 is 0 Å². The van der Waals surface area contributed by atoms with Gasteiger partial charge in [0.2, 0.25) is 0 Å². The van der Waals surface area contributed by atoms with Crippen LogP contribution >= 0.6 is 0 Å². The number of rotatable bonds is 5. The highest BCUT2D eigenvalue weighted by atomic mass is 16.2. The number of aromatic nitrogens is 1. The van der Waals surface area contributed by atoms with Gasteiger partial charge in [-0.2, -0.15) is 0 Å². The van der Waals surface area contributed by atoms with Crippen LogP contribution in [-0.4, -0.2) is 10.5 Å². The number of para-hydroxylation sites is 1. The summed E-state index contributed by atoms with van der Waals surface area (Å²) >= 11 is 0. The molecule has 3 nitrogen and oxygen atoms in total. The second-order valence-corrected chi connectivity index (χ2v) is 6.83. The van der Waals surface area contributed by atoms with Gasteiger partial charge in [-0.3, -0.25) is 4.79 Å². The minimum absolute atomic E-state index is 0.0326. The molecule has 0 atom stereocenters. The molecule has 1 heterocycles. The number of benzene rings is 2. The third-order valence-electron chi connectivity index (χ3n) is 4.65. The van der Waals surface area contributed by atoms with Crippen LogP contribution in [0.3, 0.4) is 0 Å². The lowest BCUT2D eigenvalue weighted by Crippen LogP contribution is -2.18. The molecule has 0 unspecified atom stereocenters. The Balaban J connectivity index is 2.04. The zero-order valence-electron chi connectivity index (χ0n) is 15.5. The van der Waals surface area contributed by atoms with Gasteiger partial charge in [-0.25, -0.2) is 0 Å². The van der Waals surface area contributed by atoms with Crippen LogP contribution in [0.25, 0.3) is 10.9 Å². The molecule has 0 saturated carbocycles. The summed E-state index contributed by atoms with van der Waals surface area (Å²) in [5, 5.41) is 4.26. The molecule has 0 spiro atoms. The number of hydrogen-bond donors (Lipinski definition) is 1. The van der Waals surface area contributed by atoms with Crippen molar-refractivity contribution in [2.45, 2.75) is 47.1 Å². The first kappa shape index (κ1) is 17.3. The number of carbonyl (C=O) groups is 1. The molecule has 0 aliphatic heterocycles. The third kappa shape index (κ3) is 3.46. The molecule has 0 radical (unpaired) electrons. The standard InChI is InChI=1S/C22H26N2O/c1-5-6-11-24-20-10-8-7-9-19(20)17(4)21(24)22(25)23-18-13-15(2)12-16(3)14-18/h7-10,12-14H,5-6,11H2,1-4H3,(H,23,25). The van der Waals surface area contributed by atoms with Crippen molar-refractivity contribution in [1.82, 2.24) is 4.57 Å². The van der Waals surface area contributed by atoms with Crippen LogP contribution in [0.1, 0.15) is 46.9 Å². The number of aryl methyl sites for hydroxylation is 4. The summed E-state index contributed by atoms with van der Waals surface area (Å²) < 4.78 is 2.17. The van der Waals surface area contributed by atoms with Crippen molar-refractivity contribution in [3.05, 3.63) is 64.8 Å². The van der Waals surface area contributed by atoms with Gasteiger partial charge in [0.1, 0.15) is 5.69 Å². The molecule has 0 aliphatic rings. The van der Waals surface area contributed by atoms with Gasteiger partial charge >= 0.3 is 0 Å². The van der Waals surface area contributed by atoms with Crippen molar-refractivity contribution in [3.63, 3.8) is 0 Å². The summed E-state index contributed by atoms with van der Waals surface area (Å²) in [5.41, 5.74) is 6.12. The summed E-state index contributed by atoms with van der Waals surface area (Å²) in [6, 6.07) is 14.4. The first-order valence-corrected chi connectivity index (χ1v) is 8.98. The first-order valence-electron chi connectivity index (χ1n) is 8.98. The zero-order chi connectivity index (χ0) is 18.0. The second kappa shape index (κ2) is 7.14. The summed E-state index contributed by atoms with van der Waals surface area (Å²) in [4.78, 5) is 13.1. The van der Waals surface area contributed by atoms with Gasteiger partial charge < -0.3 is 9.88 Å². The van der Waals surface area contributed by atoms with Crippen molar-refractivity contribution < 1.29 is 4.79 Å². The summed E-state index contributed by atoms with van der Waals surface area (Å²) in [6.45, 7) is 9.17. The fourth-order valence-corrected chi connectivity index (χ4v) is 3.56. The first-order chi connectivity index (χ1) is 12.0. The number of nitrogens with one attached hydrogen (secondary N) is 1. The number of fused-ring (bicyclic) bond motifs is 1. The molecule has 0 bridgehead atoms. The number of amides is 1. The molecule has 1 aromatic heterocycles. The highest BCUT2D eigenvalue weighted by Gasteiger charge is 2.20. The molecule has 3 rings (SSSR count). The SMILES string of the molecule is CCCCn1c(C(=O)Nc2cc(C)cc(C)c2)c(C)c2ccccc21. The molecule has 130 valence electrons. The van der Waals surface area contributed by atoms with E-state index < -0.39 is 0 Å². The Morgan fingerprint density at radius 1 is 1.04 bits per heavy atom. The average Bonchev–Trinajstić information content (AvgIpc) is 2.84. The lowest BCUT2D eigenvalue weighted by atomic mass is 10.1. The normalized spacial score (nSPS) is 11.0. The molecule has 0 saturated heterocycles. The minimum atomic E-state index is -0.0326. The van der Waals surface area contributed by atoms with Crippen molar-refractivity contribution in [3.8, 4) is 0 Å². The summed E-state index contributed by atoms with van der Waals surface area (Å²) in [5.74, 6) is -0.0326. The summed E-state index contributed by atoms with van der Waals surface area (Å²) in [6.07, 6.45) is 2.16. The van der Waals surface area contributed by atoms with E-state index in [1.54, 1.807) is 0 Å². The smallest absolute Gasteiger partial charge is 0.272 e. The molecular weight excluding hydrogens is 308 g/mol. The second-order valence-electron chi connectivity index (χ2n) is 6.83. The molecule has 3 heteroatoms. The largest absolute Gasteiger partial charge is 0.336 e. The molecule has 0 fully saturated rings. The van der Waals surface area contributed by atoms with E-state index in [0.29, 0.717) is 0 Å². The Bertz CT molecular complexity index is 901. The fraction of sp³-hybridized carbons (Fsp3) is 0.318. The molecule has 3 aromatic rings. The maximum absolute atomic E-state index is 13.1. The predicted octanol–water partition coefficient (Wildman–Crippen LogP) is 5.62. The van der Waals surface area contributed by atoms with Gasteiger partial charge in [0.15, 0.2) is 0 Å². The van der Waals surface area contributed by atoms with Gasteiger partial charge in [-0.15, -0.1) is 0 Å². The van der Waals surface area contributed by atoms with E-state index in [2.05, 4.69) is 35.0 Å². The number of nitrogens with zero attached hydrogens (tertiary/aromatic N) is 1. The van der Waals surface area contributed by atoms with Crippen LogP contribution in [0.2, 0.25) is 0 Å². The summed E-state index contributed by atoms with van der Waals surface area (Å²) in [7, 11) is 0. The number of carbonyl (C=O) groups excluding carboxylic acids is 1. The van der Waals surface area contributed by atoms with Crippen LogP contribution in [-0.2, 0) is 6.54 Å². The van der Waals surface area contributed by atoms with Crippen LogP contribution in [0.5, 0.6) is 0 Å². The zero-order valence-corrected chi connectivity index (χ0v) is 15.5. The fourth-order valence-electron chi connectivity index (χ4n) is 3.56. The van der Waals surface area contributed by atoms with E-state index in [4.69, 9.17) is 0 Å². The van der Waals surface area contributed by atoms with E-state index in [0.717, 1.165) is 58.4 Å². The molecule has 1 amide bonds. The van der Waals surface area contributed by atoms with Crippen molar-refractivity contribution in [2.24, 2.45) is 0 Å². The van der Waals surface area contributed by atoms with Crippen LogP contribution in [0, 0.1) is 20.8 Å². The van der Waals surface area contributed by atoms with Crippen molar-refractivity contribution in [1.29, 1.82) is 0 Å². The minimum Gasteiger partial charge on any atom is -0.336 e. The van der Waals surface area contributed by atoms with Crippen LogP contribution in [0.4, 0.5) is 5.69 Å². The molecule has 0 aliphatic carbocycles. The third-order valence-corrected chi connectivity index (χ3v) is 4.65. The monoisotopic (exact) mass is 334 g/mol. The van der Waals surface area contributed by atoms with Crippen molar-refractivity contribution in [2.75, 3.05) is 5.32 Å². The lowest BCUT2D eigenvalue weighted by Gasteiger charge is -2.12. The Morgan fingerprint density at radius 2 is 1.72 bits per heavy atom. The number of hydrogen-bond acceptors (Lipinski definition) is 1. The molecule has 2 aromatic carbocycles. The van der Waals surface area contributed by atoms with Crippen LogP contribution < -0.4 is 5.32 Å². The van der Waals surface area contributed by atoms with Crippen molar-refractivity contribution >= 4 is 22.5 Å². The molecule has 1 N–H and O–H groups in total. The highest BCUT2D eigenvalue weighted by molar-refractivity contribution is 6.08. The van der Waals surface area contributed by atoms with E-state index in [9.17, 15) is 4.79 Å². The average molecular weight is 334 g/mol. The topological polar surface area (TPSA) is 34.0 Å². The molecule has 25 heavy (non-hydrogen) atoms. The van der Waals surface area contributed by atoms with Gasteiger partial charge in [0.25, 0.3) is 5.91 Å². The van der Waals surface area contributed by atoms with E-state index in [1.165, 1.54) is 0 Å². The van der Waals surface area contributed by atoms with Gasteiger partial charge in [-0.05, 0) is 62.1 Å². The lowest BCUT2D eigenvalue weighted by molar-refractivity contribution is 0.101. The van der Waals surface area contributed by atoms with E-state index in [-0.39, 0.29) is 5.91 Å². The Kier molecular flexibility index (Phi) is 4.93. The van der Waals surface area contributed by atoms with Gasteiger partial charge in [0, 0.05) is 23.1 Å². The van der Waals surface area contributed by atoms with Crippen LogP contribution in [0.15, 0.2) is 42.5 Å². The number of anilines is 1. The number of unbranched alkanes of at least 4 members (excludes halogenated alkanes) is 1. The highest BCUT2D eigenvalue weighted by Crippen LogP contribution is 2.27. The van der Waals surface area contributed by atoms with E-state index in [1.807, 2.05) is 45.0 Å². The maximum atomic E-state index is 13.1. The quantitative estimate of drug-likeness (QED) is 0.645. The Morgan fingerprint density at radius 3 is 2.40 bits per heavy atom. The maximum Gasteiger partial charge on any atom is 0.272 e. The van der Waals surface area contributed by atoms with Gasteiger partial charge in [0.05, 0.1) is 0 Å². The Hall–Kier alpha value is -2.55. The predicted molar refractivity (Wildman–Crippen MR) is 105 cm³/mol.